The van der Waals surface area contributed by atoms with Crippen molar-refractivity contribution < 1.29 is 44.3 Å². The molecule has 6 aromatic rings. The molecule has 0 aromatic heterocycles. The van der Waals surface area contributed by atoms with E-state index in [-0.39, 0.29) is 27.6 Å². The normalized spacial score (nSPS) is 11.7. The van der Waals surface area contributed by atoms with E-state index in [1.807, 2.05) is 6.92 Å². The van der Waals surface area contributed by atoms with Gasteiger partial charge in [-0.2, -0.15) is 8.78 Å². The number of hydrogen-bond acceptors (Lipinski definition) is 1. The lowest BCUT2D eigenvalue weighted by molar-refractivity contribution is -0.187. The van der Waals surface area contributed by atoms with Gasteiger partial charge < -0.3 is 4.74 Å². The second-order valence-corrected chi connectivity index (χ2v) is 11.1. The van der Waals surface area contributed by atoms with Crippen molar-refractivity contribution in [3.8, 4) is 39.1 Å². The minimum Gasteiger partial charge on any atom is -0.429 e. The Balaban J connectivity index is 1.26. The van der Waals surface area contributed by atoms with Crippen LogP contribution in [0.5, 0.6) is 5.75 Å². The summed E-state index contributed by atoms with van der Waals surface area (Å²) in [7, 11) is 0. The van der Waals surface area contributed by atoms with E-state index in [0.29, 0.717) is 17.7 Å². The van der Waals surface area contributed by atoms with Crippen molar-refractivity contribution in [2.45, 2.75) is 25.9 Å². The maximum atomic E-state index is 15.5. The van der Waals surface area contributed by atoms with Gasteiger partial charge in [0, 0.05) is 5.56 Å². The molecule has 0 radical (unpaired) electrons. The summed E-state index contributed by atoms with van der Waals surface area (Å²) in [5.74, 6) is -10.1. The van der Waals surface area contributed by atoms with Crippen molar-refractivity contribution in [1.29, 1.82) is 0 Å². The summed E-state index contributed by atoms with van der Waals surface area (Å²) in [4.78, 5) is 0. The molecule has 0 N–H and O–H groups in total. The van der Waals surface area contributed by atoms with Crippen LogP contribution in [0.15, 0.2) is 97.1 Å². The lowest BCUT2D eigenvalue weighted by Gasteiger charge is -2.20. The standard InChI is InChI=1S/C38H23F9O/c1-2-3-20-4-6-22(7-5-20)27-14-10-23-16-28(36(44)37(45)34(23)35(27)43)38(46,47)48-26-12-8-21(9-13-26)25-18-31(41)33(32(42)19-25)24-11-15-29(39)30(40)17-24/h4-19H,2-3H2,1H3. The Morgan fingerprint density at radius 2 is 1.15 bits per heavy atom. The molecule has 0 unspecified atom stereocenters. The third kappa shape index (κ3) is 6.10. The van der Waals surface area contributed by atoms with E-state index in [1.54, 1.807) is 24.3 Å². The highest BCUT2D eigenvalue weighted by molar-refractivity contribution is 5.89. The van der Waals surface area contributed by atoms with Gasteiger partial charge in [0.25, 0.3) is 0 Å². The van der Waals surface area contributed by atoms with Crippen LogP contribution < -0.4 is 4.74 Å². The fourth-order valence-corrected chi connectivity index (χ4v) is 5.54. The molecule has 0 saturated carbocycles. The number of benzene rings is 6. The van der Waals surface area contributed by atoms with Crippen molar-refractivity contribution in [3.05, 3.63) is 149 Å². The average Bonchev–Trinajstić information content (AvgIpc) is 3.05. The van der Waals surface area contributed by atoms with Crippen LogP contribution in [0.25, 0.3) is 44.2 Å². The Hall–Kier alpha value is -5.25. The fourth-order valence-electron chi connectivity index (χ4n) is 5.54. The number of alkyl halides is 2. The molecule has 1 nitrogen and oxygen atoms in total. The Kier molecular flexibility index (Phi) is 8.68. The first kappa shape index (κ1) is 32.7. The molecular weight excluding hydrogens is 643 g/mol. The SMILES string of the molecule is CCCc1ccc(-c2ccc3cc(C(F)(F)Oc4ccc(-c5cc(F)c(-c6ccc(F)c(F)c6)c(F)c5)cc4)c(F)c(F)c3c2F)cc1. The average molecular weight is 667 g/mol. The Morgan fingerprint density at radius 1 is 0.542 bits per heavy atom. The van der Waals surface area contributed by atoms with E-state index in [0.717, 1.165) is 54.8 Å². The molecular formula is C38H23F9O. The molecule has 0 saturated heterocycles. The summed E-state index contributed by atoms with van der Waals surface area (Å²) in [5.41, 5.74) is -0.772. The van der Waals surface area contributed by atoms with Crippen LogP contribution in [0.4, 0.5) is 39.5 Å². The van der Waals surface area contributed by atoms with Gasteiger partial charge in [-0.05, 0) is 82.1 Å². The van der Waals surface area contributed by atoms with Crippen LogP contribution in [0.2, 0.25) is 0 Å². The number of rotatable bonds is 8. The van der Waals surface area contributed by atoms with Crippen LogP contribution >= 0.6 is 0 Å². The summed E-state index contributed by atoms with van der Waals surface area (Å²) in [5, 5.41) is -1.11. The Bertz CT molecular complexity index is 2140. The lowest BCUT2D eigenvalue weighted by Crippen LogP contribution is -2.24. The topological polar surface area (TPSA) is 9.23 Å². The van der Waals surface area contributed by atoms with Crippen molar-refractivity contribution >= 4 is 10.8 Å². The van der Waals surface area contributed by atoms with E-state index in [2.05, 4.69) is 0 Å². The smallest absolute Gasteiger partial charge is 0.429 e. The zero-order valence-corrected chi connectivity index (χ0v) is 25.0. The van der Waals surface area contributed by atoms with Gasteiger partial charge in [0.1, 0.15) is 28.8 Å². The van der Waals surface area contributed by atoms with Gasteiger partial charge in [0.15, 0.2) is 23.3 Å². The van der Waals surface area contributed by atoms with Gasteiger partial charge in [-0.15, -0.1) is 0 Å². The molecule has 48 heavy (non-hydrogen) atoms. The summed E-state index contributed by atoms with van der Waals surface area (Å²) < 4.78 is 138. The largest absolute Gasteiger partial charge is 0.429 e. The van der Waals surface area contributed by atoms with Crippen LogP contribution in [0, 0.1) is 40.7 Å². The van der Waals surface area contributed by atoms with Crippen molar-refractivity contribution in [2.24, 2.45) is 0 Å². The quantitative estimate of drug-likeness (QED) is 0.147. The van der Waals surface area contributed by atoms with Gasteiger partial charge in [0.05, 0.1) is 10.9 Å². The molecule has 10 heteroatoms. The first-order valence-corrected chi connectivity index (χ1v) is 14.7. The van der Waals surface area contributed by atoms with Crippen LogP contribution in [0.1, 0.15) is 24.5 Å². The number of hydrogen-bond donors (Lipinski definition) is 0. The minimum absolute atomic E-state index is 0.0180. The second kappa shape index (κ2) is 12.7. The number of aryl methyl sites for hydroxylation is 1. The summed E-state index contributed by atoms with van der Waals surface area (Å²) >= 11 is 0. The van der Waals surface area contributed by atoms with Gasteiger partial charge in [-0.3, -0.25) is 0 Å². The van der Waals surface area contributed by atoms with E-state index in [4.69, 9.17) is 4.74 Å². The first-order valence-electron chi connectivity index (χ1n) is 14.7. The zero-order valence-electron chi connectivity index (χ0n) is 25.0. The molecule has 0 heterocycles. The summed E-state index contributed by atoms with van der Waals surface area (Å²) in [6, 6.07) is 18.6. The molecule has 6 aromatic carbocycles. The van der Waals surface area contributed by atoms with E-state index < -0.39 is 69.1 Å². The summed E-state index contributed by atoms with van der Waals surface area (Å²) in [6.07, 6.45) is -2.71. The second-order valence-electron chi connectivity index (χ2n) is 11.1. The maximum absolute atomic E-state index is 15.5. The molecule has 0 aliphatic rings. The Labute approximate surface area is 268 Å². The van der Waals surface area contributed by atoms with E-state index in [9.17, 15) is 17.6 Å². The number of fused-ring (bicyclic) bond motifs is 1. The van der Waals surface area contributed by atoms with Crippen molar-refractivity contribution in [2.75, 3.05) is 0 Å². The highest BCUT2D eigenvalue weighted by atomic mass is 19.3. The summed E-state index contributed by atoms with van der Waals surface area (Å²) in [6.45, 7) is 2.01. The number of ether oxygens (including phenoxy) is 1. The van der Waals surface area contributed by atoms with E-state index in [1.165, 1.54) is 24.3 Å². The highest BCUT2D eigenvalue weighted by Crippen LogP contribution is 2.40. The predicted octanol–water partition coefficient (Wildman–Crippen LogP) is 11.9. The van der Waals surface area contributed by atoms with Gasteiger partial charge >= 0.3 is 6.11 Å². The number of halogens is 9. The van der Waals surface area contributed by atoms with E-state index >= 15 is 22.0 Å². The van der Waals surface area contributed by atoms with Gasteiger partial charge in [0.2, 0.25) is 0 Å². The molecule has 0 atom stereocenters. The molecule has 0 bridgehead atoms. The monoisotopic (exact) mass is 666 g/mol. The molecule has 0 amide bonds. The van der Waals surface area contributed by atoms with Gasteiger partial charge in [-0.1, -0.05) is 67.9 Å². The third-order valence-electron chi connectivity index (χ3n) is 7.92. The molecule has 244 valence electrons. The van der Waals surface area contributed by atoms with Gasteiger partial charge in [-0.25, -0.2) is 30.7 Å². The first-order chi connectivity index (χ1) is 22.9. The third-order valence-corrected chi connectivity index (χ3v) is 7.92. The molecule has 0 aliphatic carbocycles. The fraction of sp³-hybridized carbons (Fsp3) is 0.105. The Morgan fingerprint density at radius 3 is 1.77 bits per heavy atom. The lowest BCUT2D eigenvalue weighted by atomic mass is 9.97. The maximum Gasteiger partial charge on any atom is 0.429 e. The van der Waals surface area contributed by atoms with Crippen LogP contribution in [-0.2, 0) is 12.5 Å². The molecule has 0 aliphatic heterocycles. The van der Waals surface area contributed by atoms with Crippen LogP contribution in [-0.4, -0.2) is 0 Å². The minimum atomic E-state index is -4.42. The molecule has 6 rings (SSSR count). The highest BCUT2D eigenvalue weighted by Gasteiger charge is 2.40. The van der Waals surface area contributed by atoms with Crippen molar-refractivity contribution in [3.63, 3.8) is 0 Å². The zero-order chi connectivity index (χ0) is 34.3. The molecule has 0 fully saturated rings. The molecule has 0 spiro atoms. The predicted molar refractivity (Wildman–Crippen MR) is 165 cm³/mol. The van der Waals surface area contributed by atoms with Crippen molar-refractivity contribution in [1.82, 2.24) is 0 Å². The van der Waals surface area contributed by atoms with Crippen LogP contribution in [0.3, 0.4) is 0 Å².